The van der Waals surface area contributed by atoms with E-state index in [4.69, 9.17) is 17.0 Å². The summed E-state index contributed by atoms with van der Waals surface area (Å²) >= 11 is 8.45. The van der Waals surface area contributed by atoms with Gasteiger partial charge >= 0.3 is 0 Å². The molecule has 0 radical (unpaired) electrons. The number of halogens is 1. The quantitative estimate of drug-likeness (QED) is 0.817. The highest BCUT2D eigenvalue weighted by Gasteiger charge is 2.08. The van der Waals surface area contributed by atoms with Crippen molar-refractivity contribution < 1.29 is 9.53 Å². The molecule has 2 aromatic rings. The molecule has 0 heterocycles. The number of ether oxygens (including phenoxy) is 1. The smallest absolute Gasteiger partial charge is 0.257 e. The molecule has 0 saturated heterocycles. The molecule has 2 aromatic carbocycles. The van der Waals surface area contributed by atoms with Gasteiger partial charge in [-0.3, -0.25) is 10.1 Å². The van der Waals surface area contributed by atoms with Crippen molar-refractivity contribution in [1.82, 2.24) is 5.32 Å². The fraction of sp³-hybridized carbons (Fsp3) is 0.0667. The van der Waals surface area contributed by atoms with Crippen LogP contribution < -0.4 is 15.4 Å². The summed E-state index contributed by atoms with van der Waals surface area (Å²) in [6.07, 6.45) is 0. The Kier molecular flexibility index (Phi) is 5.30. The van der Waals surface area contributed by atoms with Crippen LogP contribution in [0.2, 0.25) is 0 Å². The molecule has 2 N–H and O–H groups in total. The summed E-state index contributed by atoms with van der Waals surface area (Å²) in [5.41, 5.74) is 1.27. The number of thiocarbonyl (C=S) groups is 1. The van der Waals surface area contributed by atoms with Gasteiger partial charge in [0.05, 0.1) is 7.11 Å². The van der Waals surface area contributed by atoms with Gasteiger partial charge in [-0.15, -0.1) is 0 Å². The molecule has 21 heavy (non-hydrogen) atoms. The molecule has 0 saturated carbocycles. The van der Waals surface area contributed by atoms with Crippen LogP contribution in [-0.4, -0.2) is 18.1 Å². The van der Waals surface area contributed by atoms with Crippen molar-refractivity contribution in [3.05, 3.63) is 58.6 Å². The van der Waals surface area contributed by atoms with E-state index in [1.807, 2.05) is 24.3 Å². The van der Waals surface area contributed by atoms with Crippen molar-refractivity contribution in [1.29, 1.82) is 0 Å². The average molecular weight is 365 g/mol. The van der Waals surface area contributed by atoms with E-state index < -0.39 is 0 Å². The van der Waals surface area contributed by atoms with Gasteiger partial charge in [0.25, 0.3) is 5.91 Å². The maximum Gasteiger partial charge on any atom is 0.257 e. The second-order valence-electron chi connectivity index (χ2n) is 4.15. The van der Waals surface area contributed by atoms with Crippen LogP contribution in [0.4, 0.5) is 5.69 Å². The van der Waals surface area contributed by atoms with Crippen LogP contribution in [0, 0.1) is 0 Å². The largest absolute Gasteiger partial charge is 0.497 e. The number of methoxy groups -OCH3 is 1. The second-order valence-corrected chi connectivity index (χ2v) is 5.47. The predicted octanol–water partition coefficient (Wildman–Crippen LogP) is 3.58. The number of nitrogens with one attached hydrogen (secondary N) is 2. The highest BCUT2D eigenvalue weighted by atomic mass is 79.9. The summed E-state index contributed by atoms with van der Waals surface area (Å²) in [5.74, 6) is 0.442. The molecule has 108 valence electrons. The summed E-state index contributed by atoms with van der Waals surface area (Å²) in [6.45, 7) is 0. The molecule has 0 spiro atoms. The highest BCUT2D eigenvalue weighted by molar-refractivity contribution is 9.10. The zero-order chi connectivity index (χ0) is 15.2. The Bertz CT molecular complexity index is 676. The minimum absolute atomic E-state index is 0.230. The average Bonchev–Trinajstić information content (AvgIpc) is 2.47. The first-order valence-electron chi connectivity index (χ1n) is 6.10. The molecule has 0 bridgehead atoms. The SMILES string of the molecule is COc1cccc(NC(=S)NC(=O)c2cccc(Br)c2)c1. The molecular weight excluding hydrogens is 352 g/mol. The van der Waals surface area contributed by atoms with Crippen molar-refractivity contribution in [2.24, 2.45) is 0 Å². The molecule has 1 amide bonds. The van der Waals surface area contributed by atoms with Crippen LogP contribution in [0.25, 0.3) is 0 Å². The minimum atomic E-state index is -0.267. The fourth-order valence-corrected chi connectivity index (χ4v) is 2.28. The third-order valence-corrected chi connectivity index (χ3v) is 3.34. The van der Waals surface area contributed by atoms with Gasteiger partial charge in [0.2, 0.25) is 0 Å². The summed E-state index contributed by atoms with van der Waals surface area (Å²) in [7, 11) is 1.59. The lowest BCUT2D eigenvalue weighted by molar-refractivity contribution is 0.0977. The van der Waals surface area contributed by atoms with Gasteiger partial charge in [0, 0.05) is 21.8 Å². The van der Waals surface area contributed by atoms with Gasteiger partial charge in [-0.2, -0.15) is 0 Å². The van der Waals surface area contributed by atoms with E-state index >= 15 is 0 Å². The number of benzene rings is 2. The van der Waals surface area contributed by atoms with E-state index in [1.165, 1.54) is 0 Å². The number of carbonyl (C=O) groups is 1. The van der Waals surface area contributed by atoms with Crippen LogP contribution in [0.15, 0.2) is 53.0 Å². The van der Waals surface area contributed by atoms with E-state index in [9.17, 15) is 4.79 Å². The Hall–Kier alpha value is -1.92. The van der Waals surface area contributed by atoms with Gasteiger partial charge in [-0.05, 0) is 42.5 Å². The molecule has 0 fully saturated rings. The van der Waals surface area contributed by atoms with E-state index in [1.54, 1.807) is 31.4 Å². The molecule has 0 aliphatic heterocycles. The van der Waals surface area contributed by atoms with Crippen molar-refractivity contribution in [3.63, 3.8) is 0 Å². The van der Waals surface area contributed by atoms with E-state index in [0.29, 0.717) is 11.3 Å². The van der Waals surface area contributed by atoms with Crippen LogP contribution >= 0.6 is 28.1 Å². The fourth-order valence-electron chi connectivity index (χ4n) is 1.67. The van der Waals surface area contributed by atoms with Crippen molar-refractivity contribution in [2.45, 2.75) is 0 Å². The van der Waals surface area contributed by atoms with Crippen LogP contribution in [0.1, 0.15) is 10.4 Å². The van der Waals surface area contributed by atoms with Gasteiger partial charge < -0.3 is 10.1 Å². The number of rotatable bonds is 3. The molecule has 6 heteroatoms. The topological polar surface area (TPSA) is 50.4 Å². The lowest BCUT2D eigenvalue weighted by atomic mass is 10.2. The molecule has 0 aliphatic carbocycles. The maximum absolute atomic E-state index is 12.0. The molecule has 2 rings (SSSR count). The molecule has 4 nitrogen and oxygen atoms in total. The molecule has 0 aromatic heterocycles. The summed E-state index contributed by atoms with van der Waals surface area (Å²) in [5, 5.41) is 5.80. The highest BCUT2D eigenvalue weighted by Crippen LogP contribution is 2.16. The lowest BCUT2D eigenvalue weighted by Gasteiger charge is -2.10. The zero-order valence-corrected chi connectivity index (χ0v) is 13.6. The first-order valence-corrected chi connectivity index (χ1v) is 7.30. The van der Waals surface area contributed by atoms with Crippen LogP contribution in [-0.2, 0) is 0 Å². The third kappa shape index (κ3) is 4.54. The molecule has 0 unspecified atom stereocenters. The minimum Gasteiger partial charge on any atom is -0.497 e. The Morgan fingerprint density at radius 3 is 2.67 bits per heavy atom. The predicted molar refractivity (Wildman–Crippen MR) is 90.8 cm³/mol. The normalized spacial score (nSPS) is 9.81. The van der Waals surface area contributed by atoms with Gasteiger partial charge in [0.1, 0.15) is 5.75 Å². The first-order chi connectivity index (χ1) is 10.1. The van der Waals surface area contributed by atoms with E-state index in [0.717, 1.165) is 10.2 Å². The van der Waals surface area contributed by atoms with Gasteiger partial charge in [-0.1, -0.05) is 28.1 Å². The number of carbonyl (C=O) groups excluding carboxylic acids is 1. The molecule has 0 aliphatic rings. The second kappa shape index (κ2) is 7.19. The summed E-state index contributed by atoms with van der Waals surface area (Å²) in [4.78, 5) is 12.0. The number of amides is 1. The van der Waals surface area contributed by atoms with Crippen LogP contribution in [0.5, 0.6) is 5.75 Å². The van der Waals surface area contributed by atoms with Crippen molar-refractivity contribution in [3.8, 4) is 5.75 Å². The number of anilines is 1. The third-order valence-electron chi connectivity index (χ3n) is 2.64. The lowest BCUT2D eigenvalue weighted by Crippen LogP contribution is -2.34. The monoisotopic (exact) mass is 364 g/mol. The Morgan fingerprint density at radius 2 is 1.95 bits per heavy atom. The van der Waals surface area contributed by atoms with E-state index in [2.05, 4.69) is 26.6 Å². The van der Waals surface area contributed by atoms with E-state index in [-0.39, 0.29) is 11.0 Å². The van der Waals surface area contributed by atoms with Crippen LogP contribution in [0.3, 0.4) is 0 Å². The summed E-state index contributed by atoms with van der Waals surface area (Å²) in [6, 6.07) is 14.4. The summed E-state index contributed by atoms with van der Waals surface area (Å²) < 4.78 is 5.96. The molecule has 0 atom stereocenters. The van der Waals surface area contributed by atoms with Crippen molar-refractivity contribution in [2.75, 3.05) is 12.4 Å². The zero-order valence-electron chi connectivity index (χ0n) is 11.2. The Balaban J connectivity index is 1.99. The Morgan fingerprint density at radius 1 is 1.19 bits per heavy atom. The number of hydrogen-bond donors (Lipinski definition) is 2. The van der Waals surface area contributed by atoms with Crippen molar-refractivity contribution >= 4 is 44.9 Å². The Labute approximate surface area is 136 Å². The standard InChI is InChI=1S/C15H13BrN2O2S/c1-20-13-7-3-6-12(9-13)17-15(21)18-14(19)10-4-2-5-11(16)8-10/h2-9H,1H3,(H2,17,18,19,21). The number of hydrogen-bond acceptors (Lipinski definition) is 3. The maximum atomic E-state index is 12.0. The first kappa shape index (κ1) is 15.5. The van der Waals surface area contributed by atoms with Gasteiger partial charge in [-0.25, -0.2) is 0 Å². The molecular formula is C15H13BrN2O2S. The van der Waals surface area contributed by atoms with Gasteiger partial charge in [0.15, 0.2) is 5.11 Å².